The number of benzene rings is 2. The molecule has 0 aliphatic rings. The number of carbonyl (C=O) groups excluding carboxylic acids is 6. The van der Waals surface area contributed by atoms with Gasteiger partial charge >= 0.3 is 47.8 Å². The van der Waals surface area contributed by atoms with Gasteiger partial charge in [0.25, 0.3) is 0 Å². The molecule has 242 valence electrons. The van der Waals surface area contributed by atoms with E-state index < -0.39 is 60.0 Å². The van der Waals surface area contributed by atoms with Crippen LogP contribution < -0.4 is 18.9 Å². The molecule has 2 rings (SSSR count). The van der Waals surface area contributed by atoms with Crippen molar-refractivity contribution in [1.29, 1.82) is 0 Å². The first kappa shape index (κ1) is 35.9. The van der Waals surface area contributed by atoms with E-state index in [4.69, 9.17) is 28.4 Å². The summed E-state index contributed by atoms with van der Waals surface area (Å²) in [7, 11) is 0. The van der Waals surface area contributed by atoms with E-state index in [0.29, 0.717) is 0 Å². The maximum absolute atomic E-state index is 12.4. The van der Waals surface area contributed by atoms with Crippen LogP contribution in [0, 0.1) is 0 Å². The maximum Gasteiger partial charge on any atom is 0.349 e. The third-order valence-electron chi connectivity index (χ3n) is 5.02. The van der Waals surface area contributed by atoms with Crippen LogP contribution in [0.2, 0.25) is 0 Å². The number of carboxylic acid groups (broad SMARTS) is 2. The van der Waals surface area contributed by atoms with Crippen LogP contribution in [0.3, 0.4) is 0 Å². The van der Waals surface area contributed by atoms with Gasteiger partial charge in [-0.1, -0.05) is 12.1 Å². The summed E-state index contributed by atoms with van der Waals surface area (Å²) in [5.74, 6) is -10.1. The van der Waals surface area contributed by atoms with E-state index in [-0.39, 0.29) is 34.1 Å². The van der Waals surface area contributed by atoms with Crippen molar-refractivity contribution in [3.63, 3.8) is 0 Å². The molecular weight excluding hydrogens is 616 g/mol. The highest BCUT2D eigenvalue weighted by atomic mass is 16.6. The number of rotatable bonds is 13. The first-order valence-corrected chi connectivity index (χ1v) is 12.8. The summed E-state index contributed by atoms with van der Waals surface area (Å²) in [5.41, 5.74) is 0.389. The van der Waals surface area contributed by atoms with Crippen molar-refractivity contribution in [2.45, 2.75) is 39.9 Å². The van der Waals surface area contributed by atoms with Gasteiger partial charge in [0.2, 0.25) is 12.2 Å². The van der Waals surface area contributed by atoms with Crippen LogP contribution in [0.25, 0.3) is 12.2 Å². The van der Waals surface area contributed by atoms with Gasteiger partial charge in [0.05, 0.1) is 0 Å². The molecule has 0 amide bonds. The third-order valence-corrected chi connectivity index (χ3v) is 5.02. The van der Waals surface area contributed by atoms with E-state index in [2.05, 4.69) is 0 Å². The van der Waals surface area contributed by atoms with Crippen molar-refractivity contribution < 1.29 is 77.0 Å². The summed E-state index contributed by atoms with van der Waals surface area (Å²) in [6.07, 6.45) is -1.37. The molecule has 0 spiro atoms. The molecule has 16 nitrogen and oxygen atoms in total. The second-order valence-electron chi connectivity index (χ2n) is 8.85. The van der Waals surface area contributed by atoms with Gasteiger partial charge in [-0.15, -0.1) is 0 Å². The quantitative estimate of drug-likeness (QED) is 0.181. The monoisotopic (exact) mass is 642 g/mol. The molecule has 16 heteroatoms. The Hall–Kier alpha value is -6.32. The number of hydrogen-bond acceptors (Lipinski definition) is 14. The van der Waals surface area contributed by atoms with E-state index in [1.165, 1.54) is 36.4 Å². The lowest BCUT2D eigenvalue weighted by molar-refractivity contribution is -0.183. The van der Waals surface area contributed by atoms with Gasteiger partial charge in [-0.05, 0) is 47.5 Å². The normalized spacial score (nSPS) is 12.0. The molecule has 0 bridgehead atoms. The number of carbonyl (C=O) groups is 8. The van der Waals surface area contributed by atoms with Gasteiger partial charge in [-0.3, -0.25) is 19.2 Å². The molecule has 0 saturated carbocycles. The molecule has 0 fully saturated rings. The molecule has 2 aromatic rings. The summed E-state index contributed by atoms with van der Waals surface area (Å²) in [4.78, 5) is 93.7. The summed E-state index contributed by atoms with van der Waals surface area (Å²) in [5, 5.41) is 19.0. The van der Waals surface area contributed by atoms with Gasteiger partial charge in [0.15, 0.2) is 23.0 Å². The predicted octanol–water partition coefficient (Wildman–Crippen LogP) is 2.11. The van der Waals surface area contributed by atoms with Crippen LogP contribution >= 0.6 is 0 Å². The largest absolute Gasteiger partial charge is 0.478 e. The molecule has 0 saturated heterocycles. The van der Waals surface area contributed by atoms with Crippen LogP contribution in [0.1, 0.15) is 38.8 Å². The molecule has 0 heterocycles. The lowest BCUT2D eigenvalue weighted by Crippen LogP contribution is -2.45. The zero-order valence-electron chi connectivity index (χ0n) is 24.5. The topological polar surface area (TPSA) is 232 Å². The SMILES string of the molecule is CC(=O)Oc1ccc(/C=C/C(=O)OC(C(=O)O)[C@@H](OC(=O)/C=C/c2ccc(OC(C)=O)c(OC(C)=O)c2)C(=O)O)cc1OC(C)=O. The molecule has 0 aliphatic carbocycles. The van der Waals surface area contributed by atoms with Crippen molar-refractivity contribution in [2.75, 3.05) is 0 Å². The van der Waals surface area contributed by atoms with Gasteiger partial charge in [0, 0.05) is 39.8 Å². The van der Waals surface area contributed by atoms with Crippen LogP contribution in [-0.4, -0.2) is 70.2 Å². The lowest BCUT2D eigenvalue weighted by Gasteiger charge is -2.19. The van der Waals surface area contributed by atoms with Gasteiger partial charge < -0.3 is 38.6 Å². The minimum absolute atomic E-state index is 0.0996. The Balaban J connectivity index is 2.20. The van der Waals surface area contributed by atoms with Crippen molar-refractivity contribution in [2.24, 2.45) is 0 Å². The molecule has 0 aromatic heterocycles. The highest BCUT2D eigenvalue weighted by Crippen LogP contribution is 2.30. The van der Waals surface area contributed by atoms with E-state index in [0.717, 1.165) is 52.0 Å². The van der Waals surface area contributed by atoms with E-state index >= 15 is 0 Å². The molecule has 0 radical (unpaired) electrons. The van der Waals surface area contributed by atoms with Crippen molar-refractivity contribution >= 4 is 59.9 Å². The molecular formula is C30H26O16. The number of hydrogen-bond donors (Lipinski definition) is 2. The molecule has 2 atom stereocenters. The Kier molecular flexibility index (Phi) is 12.9. The fourth-order valence-electron chi connectivity index (χ4n) is 3.34. The highest BCUT2D eigenvalue weighted by Gasteiger charge is 2.40. The zero-order valence-corrected chi connectivity index (χ0v) is 24.5. The molecule has 46 heavy (non-hydrogen) atoms. The van der Waals surface area contributed by atoms with Crippen molar-refractivity contribution in [1.82, 2.24) is 0 Å². The summed E-state index contributed by atoms with van der Waals surface area (Å²) >= 11 is 0. The van der Waals surface area contributed by atoms with Crippen LogP contribution in [0.15, 0.2) is 48.6 Å². The van der Waals surface area contributed by atoms with Crippen LogP contribution in [0.4, 0.5) is 0 Å². The number of esters is 6. The highest BCUT2D eigenvalue weighted by molar-refractivity contribution is 5.94. The standard InChI is InChI=1S/C30H26O16/c1-15(31)41-21-9-5-19(13-23(21)43-17(3)33)7-11-25(35)45-27(29(37)38)28(30(39)40)46-26(36)12-8-20-6-10-22(42-16(2)32)24(14-20)44-18(4)34/h5-14,27-28H,1-4H3,(H,37,38)(H,39,40)/b11-7+,12-8+/t27-,28?/m1/s1. The van der Waals surface area contributed by atoms with Crippen molar-refractivity contribution in [3.05, 3.63) is 59.7 Å². The number of ether oxygens (including phenoxy) is 6. The first-order chi connectivity index (χ1) is 21.5. The molecule has 2 N–H and O–H groups in total. The average Bonchev–Trinajstić information content (AvgIpc) is 2.93. The minimum Gasteiger partial charge on any atom is -0.478 e. The van der Waals surface area contributed by atoms with Gasteiger partial charge in [-0.2, -0.15) is 0 Å². The summed E-state index contributed by atoms with van der Waals surface area (Å²) in [6.45, 7) is 4.43. The van der Waals surface area contributed by atoms with Gasteiger partial charge in [0.1, 0.15) is 0 Å². The number of aliphatic carboxylic acids is 2. The number of carboxylic acids is 2. The maximum atomic E-state index is 12.4. The minimum atomic E-state index is -2.49. The van der Waals surface area contributed by atoms with Crippen LogP contribution in [0.5, 0.6) is 23.0 Å². The fourth-order valence-corrected chi connectivity index (χ4v) is 3.34. The van der Waals surface area contributed by atoms with Crippen molar-refractivity contribution in [3.8, 4) is 23.0 Å². The summed E-state index contributed by atoms with van der Waals surface area (Å²) in [6, 6.07) is 7.62. The Morgan fingerprint density at radius 1 is 0.522 bits per heavy atom. The van der Waals surface area contributed by atoms with Crippen LogP contribution in [-0.2, 0) is 47.8 Å². The lowest BCUT2D eigenvalue weighted by atomic mass is 10.1. The molecule has 0 aliphatic heterocycles. The predicted molar refractivity (Wildman–Crippen MR) is 151 cm³/mol. The second-order valence-corrected chi connectivity index (χ2v) is 8.85. The van der Waals surface area contributed by atoms with E-state index in [9.17, 15) is 48.6 Å². The van der Waals surface area contributed by atoms with E-state index in [1.807, 2.05) is 0 Å². The third kappa shape index (κ3) is 11.8. The van der Waals surface area contributed by atoms with Gasteiger partial charge in [-0.25, -0.2) is 19.2 Å². The first-order valence-electron chi connectivity index (χ1n) is 12.8. The fraction of sp³-hybridized carbons (Fsp3) is 0.200. The average molecular weight is 643 g/mol. The Bertz CT molecular complexity index is 1500. The smallest absolute Gasteiger partial charge is 0.349 e. The molecule has 1 unspecified atom stereocenters. The Labute approximate surface area is 259 Å². The second kappa shape index (κ2) is 16.5. The van der Waals surface area contributed by atoms with E-state index in [1.54, 1.807) is 0 Å². The molecule has 2 aromatic carbocycles. The summed E-state index contributed by atoms with van der Waals surface area (Å²) < 4.78 is 29.3. The Morgan fingerprint density at radius 3 is 1.11 bits per heavy atom. The Morgan fingerprint density at radius 2 is 0.826 bits per heavy atom. The zero-order chi connectivity index (χ0) is 34.6.